The van der Waals surface area contributed by atoms with Gasteiger partial charge in [-0.25, -0.2) is 0 Å². The molecule has 128 valence electrons. The van der Waals surface area contributed by atoms with Crippen LogP contribution in [0.1, 0.15) is 26.3 Å². The molecule has 0 atom stereocenters. The predicted molar refractivity (Wildman–Crippen MR) is 104 cm³/mol. The predicted octanol–water partition coefficient (Wildman–Crippen LogP) is 0.701. The summed E-state index contributed by atoms with van der Waals surface area (Å²) >= 11 is 0. The van der Waals surface area contributed by atoms with E-state index in [1.54, 1.807) is 6.07 Å². The normalized spacial score (nSPS) is 11.7. The first kappa shape index (κ1) is 21.0. The molecule has 4 heteroatoms. The molecule has 0 bridgehead atoms. The van der Waals surface area contributed by atoms with E-state index in [0.717, 1.165) is 5.56 Å². The Morgan fingerprint density at radius 1 is 0.769 bits per heavy atom. The summed E-state index contributed by atoms with van der Waals surface area (Å²) in [4.78, 5) is 0. The van der Waals surface area contributed by atoms with Crippen LogP contribution in [0.5, 0.6) is 5.75 Å². The van der Waals surface area contributed by atoms with Crippen molar-refractivity contribution in [2.75, 3.05) is 0 Å². The molecular formula is C22H22NaO2P. The third-order valence-electron chi connectivity index (χ3n) is 4.40. The molecule has 0 unspecified atom stereocenters. The van der Waals surface area contributed by atoms with Crippen molar-refractivity contribution < 1.29 is 39.2 Å². The maximum absolute atomic E-state index is 14.3. The molecule has 0 radical (unpaired) electrons. The van der Waals surface area contributed by atoms with Gasteiger partial charge in [-0.2, -0.15) is 0 Å². The Bertz CT molecular complexity index is 872. The van der Waals surface area contributed by atoms with Crippen molar-refractivity contribution in [2.24, 2.45) is 0 Å². The van der Waals surface area contributed by atoms with E-state index in [9.17, 15) is 9.67 Å². The van der Waals surface area contributed by atoms with Crippen LogP contribution < -0.4 is 50.6 Å². The van der Waals surface area contributed by atoms with Gasteiger partial charge in [-0.05, 0) is 17.0 Å². The summed E-state index contributed by atoms with van der Waals surface area (Å²) in [5.41, 5.74) is 0.884. The molecule has 0 fully saturated rings. The molecule has 0 amide bonds. The summed E-state index contributed by atoms with van der Waals surface area (Å²) in [5.74, 6) is -0.177. The molecule has 3 aromatic carbocycles. The van der Waals surface area contributed by atoms with Crippen molar-refractivity contribution in [1.29, 1.82) is 0 Å². The van der Waals surface area contributed by atoms with Crippen molar-refractivity contribution in [3.8, 4) is 5.75 Å². The van der Waals surface area contributed by atoms with Gasteiger partial charge in [0.15, 0.2) is 7.14 Å². The Balaban J connectivity index is 0.00000243. The van der Waals surface area contributed by atoms with E-state index >= 15 is 0 Å². The number of benzene rings is 3. The van der Waals surface area contributed by atoms with E-state index in [0.29, 0.717) is 15.9 Å². The molecule has 0 aliphatic carbocycles. The van der Waals surface area contributed by atoms with Gasteiger partial charge in [0.1, 0.15) is 0 Å². The topological polar surface area (TPSA) is 40.1 Å². The van der Waals surface area contributed by atoms with Crippen LogP contribution in [0.15, 0.2) is 78.9 Å². The van der Waals surface area contributed by atoms with Gasteiger partial charge in [-0.15, -0.1) is 0 Å². The summed E-state index contributed by atoms with van der Waals surface area (Å²) in [6.45, 7) is 6.27. The first-order chi connectivity index (χ1) is 11.8. The minimum absolute atomic E-state index is 0. The van der Waals surface area contributed by atoms with Crippen LogP contribution in [0.4, 0.5) is 0 Å². The average Bonchev–Trinajstić information content (AvgIpc) is 2.62. The minimum atomic E-state index is -3.22. The molecule has 2 nitrogen and oxygen atoms in total. The van der Waals surface area contributed by atoms with Gasteiger partial charge in [0, 0.05) is 15.9 Å². The summed E-state index contributed by atoms with van der Waals surface area (Å²) in [5, 5.41) is 14.5. The summed E-state index contributed by atoms with van der Waals surface area (Å²) in [7, 11) is -3.22. The van der Waals surface area contributed by atoms with Gasteiger partial charge >= 0.3 is 29.6 Å². The van der Waals surface area contributed by atoms with Gasteiger partial charge in [0.25, 0.3) is 0 Å². The van der Waals surface area contributed by atoms with E-state index in [1.807, 2.05) is 72.8 Å². The van der Waals surface area contributed by atoms with Crippen molar-refractivity contribution >= 4 is 23.1 Å². The van der Waals surface area contributed by atoms with E-state index in [2.05, 4.69) is 20.8 Å². The summed E-state index contributed by atoms with van der Waals surface area (Å²) < 4.78 is 14.3. The second kappa shape index (κ2) is 8.15. The molecule has 0 aliphatic heterocycles. The number of hydrogen-bond acceptors (Lipinski definition) is 2. The maximum atomic E-state index is 14.3. The third kappa shape index (κ3) is 4.00. The van der Waals surface area contributed by atoms with Gasteiger partial charge < -0.3 is 9.67 Å². The van der Waals surface area contributed by atoms with Crippen molar-refractivity contribution in [3.05, 3.63) is 84.4 Å². The van der Waals surface area contributed by atoms with E-state index in [4.69, 9.17) is 0 Å². The first-order valence-electron chi connectivity index (χ1n) is 8.37. The van der Waals surface area contributed by atoms with Crippen LogP contribution in [0, 0.1) is 0 Å². The first-order valence-corrected chi connectivity index (χ1v) is 10.1. The monoisotopic (exact) mass is 372 g/mol. The molecule has 0 aromatic heterocycles. The fourth-order valence-corrected chi connectivity index (χ4v) is 5.68. The molecule has 3 aromatic rings. The van der Waals surface area contributed by atoms with Crippen LogP contribution in [0.25, 0.3) is 0 Å². The van der Waals surface area contributed by atoms with Gasteiger partial charge in [0.2, 0.25) is 0 Å². The Morgan fingerprint density at radius 3 is 1.65 bits per heavy atom. The standard InChI is InChI=1S/C22H23O2P.Na/c1-22(2,3)17-14-15-20(23)21(16-17)25(24,18-10-6-4-7-11-18)19-12-8-5-9-13-19;/h4-16,23H,1-3H3;/q;+1/p-1. The zero-order chi connectivity index (χ0) is 18.1. The van der Waals surface area contributed by atoms with Crippen molar-refractivity contribution in [2.45, 2.75) is 26.2 Å². The molecule has 3 rings (SSSR count). The van der Waals surface area contributed by atoms with Crippen LogP contribution in [0.2, 0.25) is 0 Å². The SMILES string of the molecule is CC(C)(C)c1ccc([O-])c(P(=O)(c2ccccc2)c2ccccc2)c1.[Na+]. The molecule has 26 heavy (non-hydrogen) atoms. The summed E-state index contributed by atoms with van der Waals surface area (Å²) in [6, 6.07) is 23.8. The Hall–Kier alpha value is -1.31. The Morgan fingerprint density at radius 2 is 1.23 bits per heavy atom. The van der Waals surface area contributed by atoms with E-state index < -0.39 is 7.14 Å². The Kier molecular flexibility index (Phi) is 6.58. The average molecular weight is 372 g/mol. The zero-order valence-electron chi connectivity index (χ0n) is 15.8. The van der Waals surface area contributed by atoms with Crippen LogP contribution in [0.3, 0.4) is 0 Å². The fourth-order valence-electron chi connectivity index (χ4n) is 2.93. The van der Waals surface area contributed by atoms with E-state index in [1.165, 1.54) is 0 Å². The van der Waals surface area contributed by atoms with Crippen LogP contribution >= 0.6 is 7.14 Å². The number of rotatable bonds is 3. The molecule has 0 N–H and O–H groups in total. The summed E-state index contributed by atoms with van der Waals surface area (Å²) in [6.07, 6.45) is 0. The molecular weight excluding hydrogens is 350 g/mol. The molecule has 0 saturated carbocycles. The van der Waals surface area contributed by atoms with Crippen molar-refractivity contribution in [1.82, 2.24) is 0 Å². The minimum Gasteiger partial charge on any atom is -0.872 e. The molecule has 0 saturated heterocycles. The second-order valence-electron chi connectivity index (χ2n) is 7.21. The van der Waals surface area contributed by atoms with Crippen molar-refractivity contribution in [3.63, 3.8) is 0 Å². The quantitative estimate of drug-likeness (QED) is 0.502. The molecule has 0 aliphatic rings. The fraction of sp³-hybridized carbons (Fsp3) is 0.182. The van der Waals surface area contributed by atoms with Crippen LogP contribution in [-0.2, 0) is 9.98 Å². The smallest absolute Gasteiger partial charge is 0.872 e. The largest absolute Gasteiger partial charge is 1.00 e. The third-order valence-corrected chi connectivity index (χ3v) is 7.48. The second-order valence-corrected chi connectivity index (χ2v) is 9.95. The number of hydrogen-bond donors (Lipinski definition) is 0. The zero-order valence-corrected chi connectivity index (χ0v) is 18.7. The maximum Gasteiger partial charge on any atom is 1.00 e. The Labute approximate surface area is 178 Å². The molecule has 0 heterocycles. The molecule has 0 spiro atoms. The van der Waals surface area contributed by atoms with E-state index in [-0.39, 0.29) is 40.7 Å². The van der Waals surface area contributed by atoms with Gasteiger partial charge in [-0.1, -0.05) is 99.3 Å². The van der Waals surface area contributed by atoms with Gasteiger partial charge in [0.05, 0.1) is 0 Å². The van der Waals surface area contributed by atoms with Crippen LogP contribution in [-0.4, -0.2) is 0 Å². The van der Waals surface area contributed by atoms with Gasteiger partial charge in [-0.3, -0.25) is 0 Å².